The zero-order valence-corrected chi connectivity index (χ0v) is 17.7. The maximum absolute atomic E-state index is 13.6. The molecule has 30 heavy (non-hydrogen) atoms. The molecule has 1 N–H and O–H groups in total. The van der Waals surface area contributed by atoms with Crippen molar-refractivity contribution in [2.75, 3.05) is 13.1 Å². The molecule has 0 bridgehead atoms. The van der Waals surface area contributed by atoms with Crippen molar-refractivity contribution >= 4 is 15.9 Å². The van der Waals surface area contributed by atoms with Crippen LogP contribution in [0.2, 0.25) is 0 Å². The van der Waals surface area contributed by atoms with Crippen LogP contribution in [0.15, 0.2) is 47.4 Å². The summed E-state index contributed by atoms with van der Waals surface area (Å²) in [6, 6.07) is 9.91. The van der Waals surface area contributed by atoms with Crippen molar-refractivity contribution in [3.8, 4) is 0 Å². The number of hydrogen-bond acceptors (Lipinski definition) is 3. The summed E-state index contributed by atoms with van der Waals surface area (Å²) in [5, 5.41) is 2.60. The predicted octanol–water partition coefficient (Wildman–Crippen LogP) is 3.77. The first-order chi connectivity index (χ1) is 14.3. The van der Waals surface area contributed by atoms with Gasteiger partial charge in [-0.15, -0.1) is 0 Å². The third kappa shape index (κ3) is 5.64. The number of benzene rings is 2. The lowest BCUT2D eigenvalue weighted by Crippen LogP contribution is -2.40. The van der Waals surface area contributed by atoms with Crippen molar-refractivity contribution in [3.63, 3.8) is 0 Å². The van der Waals surface area contributed by atoms with Crippen LogP contribution in [0.5, 0.6) is 0 Å². The fourth-order valence-electron chi connectivity index (χ4n) is 3.64. The first kappa shape index (κ1) is 22.4. The lowest BCUT2D eigenvalue weighted by molar-refractivity contribution is -0.121. The zero-order valence-electron chi connectivity index (χ0n) is 16.9. The molecule has 1 atom stereocenters. The monoisotopic (exact) mass is 436 g/mol. The number of hydrogen-bond donors (Lipinski definition) is 1. The average Bonchev–Trinajstić information content (AvgIpc) is 2.73. The molecular formula is C22H26F2N2O3S. The Bertz CT molecular complexity index is 994. The van der Waals surface area contributed by atoms with Gasteiger partial charge in [-0.3, -0.25) is 4.79 Å². The van der Waals surface area contributed by atoms with Gasteiger partial charge < -0.3 is 5.32 Å². The van der Waals surface area contributed by atoms with E-state index in [0.717, 1.165) is 36.6 Å². The number of halogens is 2. The summed E-state index contributed by atoms with van der Waals surface area (Å²) in [5.41, 5.74) is 1.09. The largest absolute Gasteiger partial charge is 0.352 e. The fraction of sp³-hybridized carbons (Fsp3) is 0.409. The average molecular weight is 437 g/mol. The smallest absolute Gasteiger partial charge is 0.243 e. The summed E-state index contributed by atoms with van der Waals surface area (Å²) in [5.74, 6) is -1.31. The van der Waals surface area contributed by atoms with Crippen molar-refractivity contribution in [2.24, 2.45) is 5.92 Å². The minimum absolute atomic E-state index is 0.0793. The Hall–Kier alpha value is -2.32. The van der Waals surface area contributed by atoms with E-state index in [2.05, 4.69) is 5.32 Å². The number of piperidine rings is 1. The van der Waals surface area contributed by atoms with Crippen LogP contribution in [0.4, 0.5) is 8.78 Å². The normalized spacial score (nSPS) is 17.6. The van der Waals surface area contributed by atoms with Crippen LogP contribution in [0.1, 0.15) is 36.8 Å². The van der Waals surface area contributed by atoms with E-state index >= 15 is 0 Å². The first-order valence-corrected chi connectivity index (χ1v) is 11.5. The van der Waals surface area contributed by atoms with Crippen molar-refractivity contribution in [1.82, 2.24) is 9.62 Å². The van der Waals surface area contributed by atoms with E-state index in [4.69, 9.17) is 0 Å². The predicted molar refractivity (Wildman–Crippen MR) is 110 cm³/mol. The van der Waals surface area contributed by atoms with Gasteiger partial charge in [-0.2, -0.15) is 4.31 Å². The second-order valence-electron chi connectivity index (χ2n) is 7.74. The van der Waals surface area contributed by atoms with E-state index in [1.165, 1.54) is 4.31 Å². The fourth-order valence-corrected chi connectivity index (χ4v) is 5.19. The van der Waals surface area contributed by atoms with E-state index in [-0.39, 0.29) is 35.2 Å². The third-order valence-electron chi connectivity index (χ3n) is 5.40. The molecule has 5 nitrogen and oxygen atoms in total. The number of aryl methyl sites for hydroxylation is 1. The Kier molecular flexibility index (Phi) is 7.20. The van der Waals surface area contributed by atoms with Gasteiger partial charge in [-0.25, -0.2) is 17.2 Å². The second kappa shape index (κ2) is 9.66. The van der Waals surface area contributed by atoms with Crippen molar-refractivity contribution < 1.29 is 22.0 Å². The number of rotatable bonds is 7. The third-order valence-corrected chi connectivity index (χ3v) is 7.28. The molecule has 162 valence electrons. The quantitative estimate of drug-likeness (QED) is 0.719. The highest BCUT2D eigenvalue weighted by molar-refractivity contribution is 7.89. The summed E-state index contributed by atoms with van der Waals surface area (Å²) in [6.45, 7) is 2.67. The number of carbonyl (C=O) groups is 1. The molecule has 1 unspecified atom stereocenters. The SMILES string of the molecule is Cc1ccc(S(=O)(=O)N2CCCC(CCC(=O)NCc3cc(F)ccc3F)C2)cc1. The highest BCUT2D eigenvalue weighted by Crippen LogP contribution is 2.26. The van der Waals surface area contributed by atoms with Gasteiger partial charge >= 0.3 is 0 Å². The van der Waals surface area contributed by atoms with Gasteiger partial charge in [0, 0.05) is 31.6 Å². The van der Waals surface area contributed by atoms with E-state index < -0.39 is 21.7 Å². The molecule has 8 heteroatoms. The molecule has 0 radical (unpaired) electrons. The molecule has 1 fully saturated rings. The Morgan fingerprint density at radius 3 is 2.63 bits per heavy atom. The van der Waals surface area contributed by atoms with Gasteiger partial charge in [0.1, 0.15) is 11.6 Å². The van der Waals surface area contributed by atoms with E-state index in [1.54, 1.807) is 24.3 Å². The maximum atomic E-state index is 13.6. The molecule has 3 rings (SSSR count). The Morgan fingerprint density at radius 1 is 1.17 bits per heavy atom. The zero-order chi connectivity index (χ0) is 21.7. The highest BCUT2D eigenvalue weighted by Gasteiger charge is 2.30. The van der Waals surface area contributed by atoms with Gasteiger partial charge in [-0.05, 0) is 62.4 Å². The van der Waals surface area contributed by atoms with Gasteiger partial charge in [0.05, 0.1) is 4.90 Å². The van der Waals surface area contributed by atoms with Crippen LogP contribution < -0.4 is 5.32 Å². The molecule has 1 saturated heterocycles. The highest BCUT2D eigenvalue weighted by atomic mass is 32.2. The molecule has 0 aromatic heterocycles. The molecule has 1 heterocycles. The molecule has 2 aromatic rings. The number of sulfonamides is 1. The van der Waals surface area contributed by atoms with Crippen molar-refractivity contribution in [1.29, 1.82) is 0 Å². The Balaban J connectivity index is 1.51. The van der Waals surface area contributed by atoms with E-state index in [0.29, 0.717) is 19.5 Å². The van der Waals surface area contributed by atoms with Crippen LogP contribution in [0.3, 0.4) is 0 Å². The minimum Gasteiger partial charge on any atom is -0.352 e. The topological polar surface area (TPSA) is 66.5 Å². The van der Waals surface area contributed by atoms with Crippen molar-refractivity contribution in [3.05, 3.63) is 65.2 Å². The molecule has 1 aliphatic rings. The van der Waals surface area contributed by atoms with Crippen molar-refractivity contribution in [2.45, 2.75) is 44.0 Å². The molecule has 0 saturated carbocycles. The van der Waals surface area contributed by atoms with Gasteiger partial charge in [0.15, 0.2) is 0 Å². The molecule has 2 aromatic carbocycles. The minimum atomic E-state index is -3.55. The molecule has 0 aliphatic carbocycles. The van der Waals surface area contributed by atoms with Crippen LogP contribution in [0, 0.1) is 24.5 Å². The summed E-state index contributed by atoms with van der Waals surface area (Å²) < 4.78 is 54.1. The number of carbonyl (C=O) groups excluding carboxylic acids is 1. The maximum Gasteiger partial charge on any atom is 0.243 e. The van der Waals surface area contributed by atoms with Gasteiger partial charge in [0.2, 0.25) is 15.9 Å². The van der Waals surface area contributed by atoms with Crippen LogP contribution in [-0.4, -0.2) is 31.7 Å². The van der Waals surface area contributed by atoms with E-state index in [1.807, 2.05) is 6.92 Å². The van der Waals surface area contributed by atoms with E-state index in [9.17, 15) is 22.0 Å². The molecule has 1 aliphatic heterocycles. The van der Waals surface area contributed by atoms with Crippen LogP contribution in [-0.2, 0) is 21.4 Å². The summed E-state index contributed by atoms with van der Waals surface area (Å²) in [4.78, 5) is 12.4. The standard InChI is InChI=1S/C22H26F2N2O3S/c1-16-4-8-20(9-5-16)30(28,29)26-12-2-3-17(15-26)6-11-22(27)25-14-18-13-19(23)7-10-21(18)24/h4-5,7-10,13,17H,2-3,6,11-12,14-15H2,1H3,(H,25,27). The van der Waals surface area contributed by atoms with Gasteiger partial charge in [0.25, 0.3) is 0 Å². The van der Waals surface area contributed by atoms with Crippen LogP contribution >= 0.6 is 0 Å². The summed E-state index contributed by atoms with van der Waals surface area (Å²) in [7, 11) is -3.55. The number of nitrogens with zero attached hydrogens (tertiary/aromatic N) is 1. The number of nitrogens with one attached hydrogen (secondary N) is 1. The molecule has 1 amide bonds. The first-order valence-electron chi connectivity index (χ1n) is 10.0. The summed E-state index contributed by atoms with van der Waals surface area (Å²) in [6.07, 6.45) is 2.34. The Morgan fingerprint density at radius 2 is 1.90 bits per heavy atom. The van der Waals surface area contributed by atoms with Crippen LogP contribution in [0.25, 0.3) is 0 Å². The lowest BCUT2D eigenvalue weighted by atomic mass is 9.94. The molecule has 0 spiro atoms. The number of amides is 1. The summed E-state index contributed by atoms with van der Waals surface area (Å²) >= 11 is 0. The lowest BCUT2D eigenvalue weighted by Gasteiger charge is -2.32. The Labute approximate surface area is 176 Å². The van der Waals surface area contributed by atoms with Gasteiger partial charge in [-0.1, -0.05) is 17.7 Å². The second-order valence-corrected chi connectivity index (χ2v) is 9.67. The molecular weight excluding hydrogens is 410 g/mol.